The molecule has 3 rings (SSSR count). The maximum Gasteiger partial charge on any atom is 0.343 e. The van der Waals surface area contributed by atoms with Gasteiger partial charge < -0.3 is 9.84 Å². The quantitative estimate of drug-likeness (QED) is 0.882. The van der Waals surface area contributed by atoms with Gasteiger partial charge in [-0.1, -0.05) is 24.6 Å². The molecule has 0 aliphatic heterocycles. The number of carbonyl (C=O) groups excluding carboxylic acids is 1. The number of rotatable bonds is 3. The van der Waals surface area contributed by atoms with E-state index in [9.17, 15) is 9.90 Å². The zero-order valence-electron chi connectivity index (χ0n) is 13.4. The van der Waals surface area contributed by atoms with Crippen molar-refractivity contribution >= 4 is 17.2 Å². The fraction of sp³-hybridized carbons (Fsp3) is 0.353. The molecule has 0 amide bonds. The summed E-state index contributed by atoms with van der Waals surface area (Å²) < 4.78 is 6.38. The lowest BCUT2D eigenvalue weighted by Gasteiger charge is -2.14. The number of allylic oxidation sites excluding steroid dienone is 4. The number of ether oxygens (including phenoxy) is 1. The predicted octanol–water partition coefficient (Wildman–Crippen LogP) is 2.98. The highest BCUT2D eigenvalue weighted by Gasteiger charge is 2.19. The Hall–Kier alpha value is -2.63. The van der Waals surface area contributed by atoms with Crippen molar-refractivity contribution in [1.82, 2.24) is 14.6 Å². The molecule has 0 saturated carbocycles. The lowest BCUT2D eigenvalue weighted by molar-refractivity contribution is 0.0522. The zero-order chi connectivity index (χ0) is 16.6. The van der Waals surface area contributed by atoms with Gasteiger partial charge in [0.2, 0.25) is 0 Å². The Bertz CT molecular complexity index is 833. The average Bonchev–Trinajstić information content (AvgIpc) is 2.92. The Balaban J connectivity index is 2.06. The normalized spacial score (nSPS) is 17.8. The molecule has 120 valence electrons. The molecule has 6 nitrogen and oxygen atoms in total. The van der Waals surface area contributed by atoms with Crippen LogP contribution in [0.15, 0.2) is 30.1 Å². The van der Waals surface area contributed by atoms with E-state index in [1.54, 1.807) is 13.1 Å². The third-order valence-corrected chi connectivity index (χ3v) is 3.77. The molecule has 1 aliphatic carbocycles. The highest BCUT2D eigenvalue weighted by molar-refractivity contribution is 5.94. The van der Waals surface area contributed by atoms with Gasteiger partial charge in [0.05, 0.1) is 24.7 Å². The van der Waals surface area contributed by atoms with Crippen molar-refractivity contribution in [2.45, 2.75) is 27.2 Å². The van der Waals surface area contributed by atoms with Gasteiger partial charge in [-0.05, 0) is 31.8 Å². The lowest BCUT2D eigenvalue weighted by Crippen LogP contribution is -2.07. The first-order chi connectivity index (χ1) is 11.0. The van der Waals surface area contributed by atoms with Gasteiger partial charge in [-0.15, -0.1) is 0 Å². The number of aromatic hydroxyl groups is 1. The maximum atomic E-state index is 11.8. The highest BCUT2D eigenvalue weighted by atomic mass is 16.5. The first kappa shape index (κ1) is 15.3. The van der Waals surface area contributed by atoms with Crippen molar-refractivity contribution in [1.29, 1.82) is 0 Å². The monoisotopic (exact) mass is 313 g/mol. The molecule has 2 heterocycles. The van der Waals surface area contributed by atoms with Crippen LogP contribution in [0.5, 0.6) is 5.75 Å². The second-order valence-electron chi connectivity index (χ2n) is 5.82. The fourth-order valence-corrected chi connectivity index (χ4v) is 2.82. The van der Waals surface area contributed by atoms with E-state index >= 15 is 0 Å². The first-order valence-corrected chi connectivity index (χ1v) is 7.63. The molecule has 0 aromatic carbocycles. The predicted molar refractivity (Wildman–Crippen MR) is 86.1 cm³/mol. The van der Waals surface area contributed by atoms with Crippen molar-refractivity contribution in [3.05, 3.63) is 41.4 Å². The molecule has 1 aliphatic rings. The van der Waals surface area contributed by atoms with E-state index in [-0.39, 0.29) is 23.6 Å². The van der Waals surface area contributed by atoms with Crippen LogP contribution in [0.25, 0.3) is 11.2 Å². The van der Waals surface area contributed by atoms with E-state index < -0.39 is 5.97 Å². The molecule has 0 radical (unpaired) electrons. The number of carbonyl (C=O) groups is 1. The third-order valence-electron chi connectivity index (χ3n) is 3.77. The van der Waals surface area contributed by atoms with Crippen LogP contribution in [0.4, 0.5) is 0 Å². The van der Waals surface area contributed by atoms with Crippen LogP contribution in [0.2, 0.25) is 0 Å². The van der Waals surface area contributed by atoms with Gasteiger partial charge in [0, 0.05) is 0 Å². The maximum absolute atomic E-state index is 11.8. The molecule has 1 N–H and O–H groups in total. The lowest BCUT2D eigenvalue weighted by atomic mass is 9.91. The van der Waals surface area contributed by atoms with Crippen LogP contribution in [-0.2, 0) is 4.74 Å². The number of hydrogen-bond donors (Lipinski definition) is 1. The summed E-state index contributed by atoms with van der Waals surface area (Å²) in [6.07, 6.45) is 8.32. The first-order valence-electron chi connectivity index (χ1n) is 7.63. The van der Waals surface area contributed by atoms with Gasteiger partial charge in [0.1, 0.15) is 5.56 Å². The molecule has 23 heavy (non-hydrogen) atoms. The Morgan fingerprint density at radius 2 is 2.30 bits per heavy atom. The van der Waals surface area contributed by atoms with Crippen molar-refractivity contribution in [3.63, 3.8) is 0 Å². The van der Waals surface area contributed by atoms with Gasteiger partial charge >= 0.3 is 5.97 Å². The van der Waals surface area contributed by atoms with Crippen LogP contribution in [0, 0.1) is 5.92 Å². The topological polar surface area (TPSA) is 76.7 Å². The summed E-state index contributed by atoms with van der Waals surface area (Å²) in [5.41, 5.74) is 3.28. The fourth-order valence-electron chi connectivity index (χ4n) is 2.82. The van der Waals surface area contributed by atoms with Crippen LogP contribution in [-0.4, -0.2) is 32.3 Å². The molecule has 1 atom stereocenters. The van der Waals surface area contributed by atoms with Crippen LogP contribution in [0.1, 0.15) is 43.2 Å². The van der Waals surface area contributed by atoms with Gasteiger partial charge in [-0.2, -0.15) is 5.10 Å². The molecule has 0 spiro atoms. The minimum absolute atomic E-state index is 0.0224. The SMILES string of the molecule is CCOC(=O)c1cnn2cc(C3=CC(C)CC(C)=C3)nc2c1O. The molecule has 0 saturated heterocycles. The minimum atomic E-state index is -0.606. The number of nitrogens with zero attached hydrogens (tertiary/aromatic N) is 3. The number of hydrogen-bond acceptors (Lipinski definition) is 5. The summed E-state index contributed by atoms with van der Waals surface area (Å²) in [5, 5.41) is 14.4. The summed E-state index contributed by atoms with van der Waals surface area (Å²) in [4.78, 5) is 16.3. The number of imidazole rings is 1. The number of fused-ring (bicyclic) bond motifs is 1. The van der Waals surface area contributed by atoms with E-state index in [1.165, 1.54) is 16.3 Å². The van der Waals surface area contributed by atoms with Crippen molar-refractivity contribution in [2.75, 3.05) is 6.61 Å². The van der Waals surface area contributed by atoms with Crippen molar-refractivity contribution < 1.29 is 14.6 Å². The molecule has 2 aromatic rings. The Labute approximate surface area is 134 Å². The van der Waals surface area contributed by atoms with E-state index in [0.717, 1.165) is 17.7 Å². The molecular formula is C17H19N3O3. The Morgan fingerprint density at radius 3 is 3.00 bits per heavy atom. The third kappa shape index (κ3) is 2.84. The largest absolute Gasteiger partial charge is 0.504 e. The average molecular weight is 313 g/mol. The molecular weight excluding hydrogens is 294 g/mol. The molecule has 0 fully saturated rings. The molecule has 1 unspecified atom stereocenters. The van der Waals surface area contributed by atoms with Crippen LogP contribution < -0.4 is 0 Å². The van der Waals surface area contributed by atoms with E-state index in [0.29, 0.717) is 5.92 Å². The Morgan fingerprint density at radius 1 is 1.52 bits per heavy atom. The van der Waals surface area contributed by atoms with Gasteiger partial charge in [-0.25, -0.2) is 14.3 Å². The van der Waals surface area contributed by atoms with E-state index in [4.69, 9.17) is 4.74 Å². The summed E-state index contributed by atoms with van der Waals surface area (Å²) in [6.45, 7) is 6.19. The summed E-state index contributed by atoms with van der Waals surface area (Å²) in [7, 11) is 0. The van der Waals surface area contributed by atoms with Crippen molar-refractivity contribution in [2.24, 2.45) is 5.92 Å². The summed E-state index contributed by atoms with van der Waals surface area (Å²) in [5.74, 6) is -0.378. The highest BCUT2D eigenvalue weighted by Crippen LogP contribution is 2.30. The van der Waals surface area contributed by atoms with Gasteiger partial charge in [-0.3, -0.25) is 0 Å². The van der Waals surface area contributed by atoms with Gasteiger partial charge in [0.15, 0.2) is 11.4 Å². The van der Waals surface area contributed by atoms with Crippen molar-refractivity contribution in [3.8, 4) is 5.75 Å². The summed E-state index contributed by atoms with van der Waals surface area (Å²) >= 11 is 0. The minimum Gasteiger partial charge on any atom is -0.504 e. The second-order valence-corrected chi connectivity index (χ2v) is 5.82. The molecule has 0 bridgehead atoms. The molecule has 6 heteroatoms. The van der Waals surface area contributed by atoms with Gasteiger partial charge in [0.25, 0.3) is 0 Å². The van der Waals surface area contributed by atoms with Crippen LogP contribution in [0.3, 0.4) is 0 Å². The Kier molecular flexibility index (Phi) is 3.90. The molecule has 2 aromatic heterocycles. The second kappa shape index (κ2) is 5.87. The number of esters is 1. The standard InChI is InChI=1S/C17H19N3O3/c1-4-23-17(22)13-8-18-20-9-14(19-16(20)15(13)21)12-6-10(2)5-11(3)7-12/h6-10,21H,4-5H2,1-3H3. The van der Waals surface area contributed by atoms with Crippen LogP contribution >= 0.6 is 0 Å². The smallest absolute Gasteiger partial charge is 0.343 e. The zero-order valence-corrected chi connectivity index (χ0v) is 13.4. The van der Waals surface area contributed by atoms with E-state index in [2.05, 4.69) is 36.1 Å². The summed E-state index contributed by atoms with van der Waals surface area (Å²) in [6, 6.07) is 0. The van der Waals surface area contributed by atoms with E-state index in [1.807, 2.05) is 0 Å². The number of aromatic nitrogens is 3.